The van der Waals surface area contributed by atoms with Crippen molar-refractivity contribution in [3.63, 3.8) is 0 Å². The Bertz CT molecular complexity index is 596. The molecule has 0 spiro atoms. The fourth-order valence-electron chi connectivity index (χ4n) is 3.22. The fourth-order valence-corrected chi connectivity index (χ4v) is 3.49. The molecule has 0 aliphatic heterocycles. The lowest BCUT2D eigenvalue weighted by molar-refractivity contribution is 0.475. The van der Waals surface area contributed by atoms with Gasteiger partial charge in [-0.1, -0.05) is 58.6 Å². The van der Waals surface area contributed by atoms with Gasteiger partial charge in [0.05, 0.1) is 0 Å². The second-order valence-electron chi connectivity index (χ2n) is 5.95. The van der Waals surface area contributed by atoms with Gasteiger partial charge in [0.25, 0.3) is 0 Å². The van der Waals surface area contributed by atoms with Gasteiger partial charge in [0.15, 0.2) is 0 Å². The molecule has 0 saturated heterocycles. The van der Waals surface area contributed by atoms with Crippen molar-refractivity contribution >= 4 is 21.5 Å². The van der Waals surface area contributed by atoms with Crippen LogP contribution >= 0.6 is 15.9 Å². The number of rotatable bonds is 2. The molecule has 0 atom stereocenters. The van der Waals surface area contributed by atoms with E-state index in [9.17, 15) is 5.11 Å². The van der Waals surface area contributed by atoms with Crippen LogP contribution in [0.3, 0.4) is 0 Å². The summed E-state index contributed by atoms with van der Waals surface area (Å²) in [5.41, 5.74) is 5.39. The van der Waals surface area contributed by atoms with Gasteiger partial charge in [-0.15, -0.1) is 0 Å². The molecule has 0 unspecified atom stereocenters. The minimum absolute atomic E-state index is 0.324. The first kappa shape index (κ1) is 15.4. The summed E-state index contributed by atoms with van der Waals surface area (Å²) in [7, 11) is 0. The highest BCUT2D eigenvalue weighted by Crippen LogP contribution is 2.35. The summed E-state index contributed by atoms with van der Waals surface area (Å²) in [6, 6.07) is 16.2. The average Bonchev–Trinajstić information content (AvgIpc) is 2.81. The van der Waals surface area contributed by atoms with Gasteiger partial charge in [-0.05, 0) is 66.6 Å². The van der Waals surface area contributed by atoms with E-state index in [4.69, 9.17) is 0 Å². The largest absolute Gasteiger partial charge is 0.508 e. The van der Waals surface area contributed by atoms with Crippen molar-refractivity contribution in [1.82, 2.24) is 0 Å². The van der Waals surface area contributed by atoms with Crippen molar-refractivity contribution in [1.29, 1.82) is 0 Å². The zero-order chi connectivity index (χ0) is 15.4. The summed E-state index contributed by atoms with van der Waals surface area (Å²) in [5.74, 6) is 0.324. The summed E-state index contributed by atoms with van der Waals surface area (Å²) in [6.07, 6.45) is 7.62. The normalized spacial score (nSPS) is 15.4. The van der Waals surface area contributed by atoms with Gasteiger partial charge in [-0.25, -0.2) is 0 Å². The lowest BCUT2D eigenvalue weighted by Gasteiger charge is -2.15. The first-order valence-corrected chi connectivity index (χ1v) is 8.81. The predicted octanol–water partition coefficient (Wildman–Crippen LogP) is 6.31. The molecule has 3 rings (SSSR count). The summed E-state index contributed by atoms with van der Waals surface area (Å²) in [5, 5.41) is 9.58. The molecule has 1 N–H and O–H groups in total. The van der Waals surface area contributed by atoms with E-state index < -0.39 is 0 Å². The van der Waals surface area contributed by atoms with Crippen LogP contribution < -0.4 is 0 Å². The van der Waals surface area contributed by atoms with Crippen LogP contribution in [-0.4, -0.2) is 5.11 Å². The van der Waals surface area contributed by atoms with Crippen LogP contribution in [0.4, 0.5) is 0 Å². The molecule has 1 saturated carbocycles. The molecule has 0 amide bonds. The third kappa shape index (κ3) is 3.61. The standard InChI is InChI=1S/C20H21BrO/c21-18-11-7-16(8-12-18)20(15-5-3-1-2-4-6-15)17-9-13-19(22)14-10-17/h7-14,22H,1-6H2. The van der Waals surface area contributed by atoms with Gasteiger partial charge in [0.2, 0.25) is 0 Å². The Morgan fingerprint density at radius 3 is 1.77 bits per heavy atom. The Balaban J connectivity index is 2.10. The molecule has 1 nitrogen and oxygen atoms in total. The molecular formula is C20H21BrO. The van der Waals surface area contributed by atoms with E-state index in [1.807, 2.05) is 12.1 Å². The predicted molar refractivity (Wildman–Crippen MR) is 96.0 cm³/mol. The number of halogens is 1. The van der Waals surface area contributed by atoms with Crippen molar-refractivity contribution in [3.8, 4) is 5.75 Å². The highest BCUT2D eigenvalue weighted by Gasteiger charge is 2.14. The van der Waals surface area contributed by atoms with Crippen LogP contribution in [0.2, 0.25) is 0 Å². The van der Waals surface area contributed by atoms with E-state index in [0.29, 0.717) is 5.75 Å². The Hall–Kier alpha value is -1.54. The Morgan fingerprint density at radius 2 is 1.23 bits per heavy atom. The number of aromatic hydroxyl groups is 1. The quantitative estimate of drug-likeness (QED) is 0.625. The highest BCUT2D eigenvalue weighted by atomic mass is 79.9. The minimum Gasteiger partial charge on any atom is -0.508 e. The van der Waals surface area contributed by atoms with E-state index in [1.54, 1.807) is 17.7 Å². The molecule has 2 aromatic rings. The molecular weight excluding hydrogens is 336 g/mol. The van der Waals surface area contributed by atoms with Crippen LogP contribution in [0.5, 0.6) is 5.75 Å². The molecule has 22 heavy (non-hydrogen) atoms. The third-order valence-electron chi connectivity index (χ3n) is 4.35. The Morgan fingerprint density at radius 1 is 0.727 bits per heavy atom. The average molecular weight is 357 g/mol. The monoisotopic (exact) mass is 356 g/mol. The van der Waals surface area contributed by atoms with Crippen LogP contribution in [0.15, 0.2) is 58.6 Å². The summed E-state index contributed by atoms with van der Waals surface area (Å²) in [6.45, 7) is 0. The maximum absolute atomic E-state index is 9.58. The van der Waals surface area contributed by atoms with E-state index >= 15 is 0 Å². The van der Waals surface area contributed by atoms with E-state index in [0.717, 1.165) is 4.47 Å². The second-order valence-corrected chi connectivity index (χ2v) is 6.86. The number of hydrogen-bond donors (Lipinski definition) is 1. The molecule has 2 aromatic carbocycles. The van der Waals surface area contributed by atoms with Gasteiger partial charge in [0, 0.05) is 4.47 Å². The molecule has 1 aliphatic rings. The maximum atomic E-state index is 9.58. The van der Waals surface area contributed by atoms with Crippen LogP contribution in [-0.2, 0) is 0 Å². The van der Waals surface area contributed by atoms with Crippen LogP contribution in [0.25, 0.3) is 5.57 Å². The van der Waals surface area contributed by atoms with Gasteiger partial charge < -0.3 is 5.11 Å². The van der Waals surface area contributed by atoms with Crippen molar-refractivity contribution in [2.75, 3.05) is 0 Å². The number of benzene rings is 2. The summed E-state index contributed by atoms with van der Waals surface area (Å²) < 4.78 is 1.10. The lowest BCUT2D eigenvalue weighted by Crippen LogP contribution is -1.95. The molecule has 0 aromatic heterocycles. The van der Waals surface area contributed by atoms with Crippen molar-refractivity contribution < 1.29 is 5.11 Å². The number of phenolic OH excluding ortho intramolecular Hbond substituents is 1. The zero-order valence-electron chi connectivity index (χ0n) is 12.7. The van der Waals surface area contributed by atoms with Crippen molar-refractivity contribution in [2.24, 2.45) is 0 Å². The number of phenols is 1. The first-order valence-electron chi connectivity index (χ1n) is 8.01. The molecule has 114 valence electrons. The maximum Gasteiger partial charge on any atom is 0.115 e. The Labute approximate surface area is 140 Å². The SMILES string of the molecule is Oc1ccc(C(=C2CCCCCC2)c2ccc(Br)cc2)cc1. The van der Waals surface area contributed by atoms with Crippen LogP contribution in [0, 0.1) is 0 Å². The molecule has 0 heterocycles. The Kier molecular flexibility index (Phi) is 4.99. The van der Waals surface area contributed by atoms with Crippen molar-refractivity contribution in [2.45, 2.75) is 38.5 Å². The van der Waals surface area contributed by atoms with Gasteiger partial charge in [-0.2, -0.15) is 0 Å². The molecule has 0 bridgehead atoms. The van der Waals surface area contributed by atoms with E-state index in [1.165, 1.54) is 55.2 Å². The highest BCUT2D eigenvalue weighted by molar-refractivity contribution is 9.10. The zero-order valence-corrected chi connectivity index (χ0v) is 14.3. The second kappa shape index (κ2) is 7.15. The summed E-state index contributed by atoms with van der Waals surface area (Å²) in [4.78, 5) is 0. The lowest BCUT2D eigenvalue weighted by atomic mass is 9.89. The molecule has 1 aliphatic carbocycles. The molecule has 0 radical (unpaired) electrons. The molecule has 2 heteroatoms. The van der Waals surface area contributed by atoms with Gasteiger partial charge in [-0.3, -0.25) is 0 Å². The van der Waals surface area contributed by atoms with E-state index in [2.05, 4.69) is 40.2 Å². The van der Waals surface area contributed by atoms with Gasteiger partial charge >= 0.3 is 0 Å². The number of allylic oxidation sites excluding steroid dienone is 1. The fraction of sp³-hybridized carbons (Fsp3) is 0.300. The van der Waals surface area contributed by atoms with Crippen LogP contribution in [0.1, 0.15) is 49.7 Å². The first-order chi connectivity index (χ1) is 10.7. The smallest absolute Gasteiger partial charge is 0.115 e. The minimum atomic E-state index is 0.324. The third-order valence-corrected chi connectivity index (χ3v) is 4.88. The number of hydrogen-bond acceptors (Lipinski definition) is 1. The topological polar surface area (TPSA) is 20.2 Å². The van der Waals surface area contributed by atoms with Crippen molar-refractivity contribution in [3.05, 3.63) is 69.7 Å². The van der Waals surface area contributed by atoms with Gasteiger partial charge in [0.1, 0.15) is 5.75 Å². The van der Waals surface area contributed by atoms with E-state index in [-0.39, 0.29) is 0 Å². The summed E-state index contributed by atoms with van der Waals surface area (Å²) >= 11 is 3.52. The molecule has 1 fully saturated rings.